The summed E-state index contributed by atoms with van der Waals surface area (Å²) >= 11 is 0. The standard InChI is InChI=1S/C13H15N3O4/c17-11(7-10-12(18)15-5-4-14-10)16-9-3-1-2-8(6-9)13(19)20/h1-3,6,10,14H,4-5,7H2,(H,15,18)(H,16,17)(H,19,20)/t10-/m0/s1. The number of anilines is 1. The van der Waals surface area contributed by atoms with Crippen LogP contribution in [0.1, 0.15) is 16.8 Å². The summed E-state index contributed by atoms with van der Waals surface area (Å²) in [7, 11) is 0. The van der Waals surface area contributed by atoms with Crippen LogP contribution in [0, 0.1) is 0 Å². The topological polar surface area (TPSA) is 108 Å². The van der Waals surface area contributed by atoms with Crippen molar-refractivity contribution in [1.82, 2.24) is 10.6 Å². The van der Waals surface area contributed by atoms with Gasteiger partial charge in [0.15, 0.2) is 0 Å². The van der Waals surface area contributed by atoms with Crippen molar-refractivity contribution in [3.05, 3.63) is 29.8 Å². The van der Waals surface area contributed by atoms with E-state index in [4.69, 9.17) is 5.11 Å². The number of aromatic carboxylic acids is 1. The highest BCUT2D eigenvalue weighted by Crippen LogP contribution is 2.11. The van der Waals surface area contributed by atoms with Gasteiger partial charge in [-0.15, -0.1) is 0 Å². The van der Waals surface area contributed by atoms with Gasteiger partial charge in [-0.1, -0.05) is 6.07 Å². The molecule has 7 nitrogen and oxygen atoms in total. The van der Waals surface area contributed by atoms with Gasteiger partial charge in [-0.05, 0) is 18.2 Å². The number of hydrogen-bond donors (Lipinski definition) is 4. The van der Waals surface area contributed by atoms with Crippen LogP contribution in [0.3, 0.4) is 0 Å². The normalized spacial score (nSPS) is 18.2. The number of nitrogens with one attached hydrogen (secondary N) is 3. The molecule has 2 amide bonds. The summed E-state index contributed by atoms with van der Waals surface area (Å²) in [5, 5.41) is 17.1. The molecule has 1 heterocycles. The monoisotopic (exact) mass is 277 g/mol. The predicted octanol–water partition coefficient (Wildman–Crippen LogP) is -0.199. The number of rotatable bonds is 4. The zero-order valence-electron chi connectivity index (χ0n) is 10.7. The zero-order chi connectivity index (χ0) is 14.5. The van der Waals surface area contributed by atoms with Gasteiger partial charge in [-0.2, -0.15) is 0 Å². The van der Waals surface area contributed by atoms with Crippen LogP contribution < -0.4 is 16.0 Å². The average Bonchev–Trinajstić information content (AvgIpc) is 2.41. The van der Waals surface area contributed by atoms with Crippen LogP contribution in [0.2, 0.25) is 0 Å². The third-order valence-corrected chi connectivity index (χ3v) is 2.91. The first-order valence-electron chi connectivity index (χ1n) is 6.20. The van der Waals surface area contributed by atoms with Crippen molar-refractivity contribution in [2.45, 2.75) is 12.5 Å². The molecule has 0 aliphatic carbocycles. The van der Waals surface area contributed by atoms with E-state index in [0.717, 1.165) is 0 Å². The molecule has 7 heteroatoms. The van der Waals surface area contributed by atoms with E-state index in [9.17, 15) is 14.4 Å². The second-order valence-electron chi connectivity index (χ2n) is 4.44. The van der Waals surface area contributed by atoms with Crippen LogP contribution in [-0.4, -0.2) is 42.0 Å². The summed E-state index contributed by atoms with van der Waals surface area (Å²) in [4.78, 5) is 34.1. The second kappa shape index (κ2) is 6.16. The minimum atomic E-state index is -1.06. The summed E-state index contributed by atoms with van der Waals surface area (Å²) in [6, 6.07) is 5.40. The fraction of sp³-hybridized carbons (Fsp3) is 0.308. The molecule has 1 atom stereocenters. The molecule has 0 radical (unpaired) electrons. The first-order valence-corrected chi connectivity index (χ1v) is 6.20. The van der Waals surface area contributed by atoms with Crippen molar-refractivity contribution in [2.24, 2.45) is 0 Å². The number of piperazine rings is 1. The smallest absolute Gasteiger partial charge is 0.335 e. The first kappa shape index (κ1) is 14.0. The van der Waals surface area contributed by atoms with E-state index in [-0.39, 0.29) is 23.8 Å². The van der Waals surface area contributed by atoms with Gasteiger partial charge in [0.1, 0.15) is 0 Å². The molecule has 0 unspecified atom stereocenters. The Hall–Kier alpha value is -2.41. The van der Waals surface area contributed by atoms with Gasteiger partial charge in [0, 0.05) is 18.8 Å². The van der Waals surface area contributed by atoms with E-state index < -0.39 is 12.0 Å². The lowest BCUT2D eigenvalue weighted by Gasteiger charge is -2.22. The molecule has 0 aromatic heterocycles. The molecule has 20 heavy (non-hydrogen) atoms. The van der Waals surface area contributed by atoms with Crippen LogP contribution in [0.5, 0.6) is 0 Å². The highest BCUT2D eigenvalue weighted by atomic mass is 16.4. The Labute approximate surface area is 115 Å². The summed E-state index contributed by atoms with van der Waals surface area (Å²) < 4.78 is 0. The summed E-state index contributed by atoms with van der Waals surface area (Å²) in [5.41, 5.74) is 0.488. The highest BCUT2D eigenvalue weighted by Gasteiger charge is 2.24. The largest absolute Gasteiger partial charge is 0.478 e. The number of carbonyl (C=O) groups excluding carboxylic acids is 2. The maximum absolute atomic E-state index is 11.8. The van der Waals surface area contributed by atoms with Gasteiger partial charge < -0.3 is 21.1 Å². The van der Waals surface area contributed by atoms with E-state index in [1.54, 1.807) is 12.1 Å². The zero-order valence-corrected chi connectivity index (χ0v) is 10.7. The fourth-order valence-corrected chi connectivity index (χ4v) is 1.94. The Balaban J connectivity index is 1.95. The van der Waals surface area contributed by atoms with E-state index in [0.29, 0.717) is 18.8 Å². The van der Waals surface area contributed by atoms with E-state index in [2.05, 4.69) is 16.0 Å². The Bertz CT molecular complexity index is 544. The Morgan fingerprint density at radius 1 is 1.35 bits per heavy atom. The van der Waals surface area contributed by atoms with Crippen molar-refractivity contribution < 1.29 is 19.5 Å². The van der Waals surface area contributed by atoms with Gasteiger partial charge in [-0.3, -0.25) is 9.59 Å². The molecule has 0 spiro atoms. The van der Waals surface area contributed by atoms with Crippen LogP contribution >= 0.6 is 0 Å². The Morgan fingerprint density at radius 3 is 2.85 bits per heavy atom. The molecule has 106 valence electrons. The Kier molecular flexibility index (Phi) is 4.31. The molecule has 1 aliphatic rings. The van der Waals surface area contributed by atoms with Gasteiger partial charge in [0.25, 0.3) is 0 Å². The minimum Gasteiger partial charge on any atom is -0.478 e. The Morgan fingerprint density at radius 2 is 2.15 bits per heavy atom. The molecular weight excluding hydrogens is 262 g/mol. The number of amides is 2. The number of hydrogen-bond acceptors (Lipinski definition) is 4. The molecule has 0 bridgehead atoms. The van der Waals surface area contributed by atoms with Crippen LogP contribution in [0.4, 0.5) is 5.69 Å². The van der Waals surface area contributed by atoms with E-state index >= 15 is 0 Å². The lowest BCUT2D eigenvalue weighted by molar-refractivity contribution is -0.127. The number of carboxylic acids is 1. The van der Waals surface area contributed by atoms with Gasteiger partial charge in [-0.25, -0.2) is 4.79 Å². The van der Waals surface area contributed by atoms with E-state index in [1.165, 1.54) is 12.1 Å². The lowest BCUT2D eigenvalue weighted by atomic mass is 10.1. The maximum atomic E-state index is 11.8. The molecule has 2 rings (SSSR count). The van der Waals surface area contributed by atoms with Gasteiger partial charge in [0.05, 0.1) is 18.0 Å². The van der Waals surface area contributed by atoms with Crippen molar-refractivity contribution in [2.75, 3.05) is 18.4 Å². The lowest BCUT2D eigenvalue weighted by Crippen LogP contribution is -2.53. The second-order valence-corrected chi connectivity index (χ2v) is 4.44. The predicted molar refractivity (Wildman–Crippen MR) is 71.4 cm³/mol. The molecule has 1 aliphatic heterocycles. The highest BCUT2D eigenvalue weighted by molar-refractivity contribution is 5.97. The summed E-state index contributed by atoms with van der Waals surface area (Å²) in [5.74, 6) is -1.61. The van der Waals surface area contributed by atoms with Crippen molar-refractivity contribution in [3.63, 3.8) is 0 Å². The number of benzene rings is 1. The van der Waals surface area contributed by atoms with Gasteiger partial charge in [0.2, 0.25) is 11.8 Å². The molecule has 1 aromatic rings. The minimum absolute atomic E-state index is 0.00311. The summed E-state index contributed by atoms with van der Waals surface area (Å²) in [6.07, 6.45) is 0.00311. The van der Waals surface area contributed by atoms with Gasteiger partial charge >= 0.3 is 5.97 Å². The molecule has 4 N–H and O–H groups in total. The van der Waals surface area contributed by atoms with Crippen molar-refractivity contribution >= 4 is 23.5 Å². The van der Waals surface area contributed by atoms with E-state index in [1.807, 2.05) is 0 Å². The number of carboxylic acid groups (broad SMARTS) is 1. The molecule has 1 fully saturated rings. The van der Waals surface area contributed by atoms with Crippen molar-refractivity contribution in [3.8, 4) is 0 Å². The third-order valence-electron chi connectivity index (χ3n) is 2.91. The maximum Gasteiger partial charge on any atom is 0.335 e. The van der Waals surface area contributed by atoms with Crippen LogP contribution in [0.15, 0.2) is 24.3 Å². The third kappa shape index (κ3) is 3.55. The molecular formula is C13H15N3O4. The molecule has 1 saturated heterocycles. The average molecular weight is 277 g/mol. The fourth-order valence-electron chi connectivity index (χ4n) is 1.94. The van der Waals surface area contributed by atoms with Crippen LogP contribution in [0.25, 0.3) is 0 Å². The molecule has 1 aromatic carbocycles. The van der Waals surface area contributed by atoms with Crippen molar-refractivity contribution in [1.29, 1.82) is 0 Å². The van der Waals surface area contributed by atoms with Crippen LogP contribution in [-0.2, 0) is 9.59 Å². The molecule has 0 saturated carbocycles. The quantitative estimate of drug-likeness (QED) is 0.609. The SMILES string of the molecule is O=C(C[C@@H]1NCCNC1=O)Nc1cccc(C(=O)O)c1. The number of carbonyl (C=O) groups is 3. The first-order chi connectivity index (χ1) is 9.56. The summed E-state index contributed by atoms with van der Waals surface area (Å²) in [6.45, 7) is 1.18.